The topological polar surface area (TPSA) is 12.9 Å². The van der Waals surface area contributed by atoms with E-state index < -0.39 is 11.9 Å². The maximum absolute atomic E-state index is 12.2. The van der Waals surface area contributed by atoms with Gasteiger partial charge in [-0.2, -0.15) is 13.2 Å². The Hall–Kier alpha value is -0.770. The van der Waals surface area contributed by atoms with Crippen LogP contribution in [-0.2, 0) is 18.5 Å². The molecule has 0 aromatic carbocycles. The summed E-state index contributed by atoms with van der Waals surface area (Å²) in [5.74, 6) is 0.189. The fourth-order valence-electron chi connectivity index (χ4n) is 1.12. The smallest absolute Gasteiger partial charge is 0.248 e. The average molecular weight is 224 g/mol. The molecule has 0 saturated carbocycles. The van der Waals surface area contributed by atoms with Gasteiger partial charge in [0.05, 0.1) is 0 Å². The van der Waals surface area contributed by atoms with Crippen molar-refractivity contribution < 1.29 is 13.2 Å². The Morgan fingerprint density at radius 2 is 2.00 bits per heavy atom. The number of rotatable bonds is 2. The summed E-state index contributed by atoms with van der Waals surface area (Å²) in [6.45, 7) is 1.75. The van der Waals surface area contributed by atoms with Gasteiger partial charge in [0.25, 0.3) is 0 Å². The van der Waals surface area contributed by atoms with Gasteiger partial charge < -0.3 is 0 Å². The Labute approximate surface area is 84.9 Å². The van der Waals surface area contributed by atoms with Crippen LogP contribution in [0.25, 0.3) is 0 Å². The SMILES string of the molecule is CCc1nc(C(F)(F)F)ccc1CCl. The van der Waals surface area contributed by atoms with Gasteiger partial charge in [-0.3, -0.25) is 0 Å². The van der Waals surface area contributed by atoms with Crippen molar-refractivity contribution in [2.75, 3.05) is 0 Å². The Balaban J connectivity index is 3.14. The molecule has 0 spiro atoms. The van der Waals surface area contributed by atoms with Crippen LogP contribution < -0.4 is 0 Å². The van der Waals surface area contributed by atoms with Crippen LogP contribution in [0.2, 0.25) is 0 Å². The quantitative estimate of drug-likeness (QED) is 0.701. The van der Waals surface area contributed by atoms with Crippen LogP contribution in [-0.4, -0.2) is 4.98 Å². The van der Waals surface area contributed by atoms with E-state index in [4.69, 9.17) is 11.6 Å². The summed E-state index contributed by atoms with van der Waals surface area (Å²) >= 11 is 5.56. The Kier molecular flexibility index (Phi) is 3.37. The van der Waals surface area contributed by atoms with Crippen LogP contribution in [0.15, 0.2) is 12.1 Å². The summed E-state index contributed by atoms with van der Waals surface area (Å²) in [6.07, 6.45) is -3.93. The maximum Gasteiger partial charge on any atom is 0.433 e. The van der Waals surface area contributed by atoms with Gasteiger partial charge >= 0.3 is 6.18 Å². The molecule has 0 bridgehead atoms. The summed E-state index contributed by atoms with van der Waals surface area (Å²) < 4.78 is 36.7. The van der Waals surface area contributed by atoms with Crippen molar-refractivity contribution in [3.8, 4) is 0 Å². The number of aromatic nitrogens is 1. The molecule has 1 nitrogen and oxygen atoms in total. The number of nitrogens with zero attached hydrogens (tertiary/aromatic N) is 1. The molecule has 5 heteroatoms. The summed E-state index contributed by atoms with van der Waals surface area (Å²) in [6, 6.07) is 2.33. The van der Waals surface area contributed by atoms with Crippen LogP contribution in [0.3, 0.4) is 0 Å². The highest BCUT2D eigenvalue weighted by Gasteiger charge is 2.32. The maximum atomic E-state index is 12.2. The van der Waals surface area contributed by atoms with E-state index >= 15 is 0 Å². The predicted molar refractivity (Wildman–Crippen MR) is 48.2 cm³/mol. The third kappa shape index (κ3) is 2.38. The van der Waals surface area contributed by atoms with Crippen LogP contribution >= 0.6 is 11.6 Å². The van der Waals surface area contributed by atoms with Gasteiger partial charge in [-0.25, -0.2) is 4.98 Å². The standard InChI is InChI=1S/C9H9ClF3N/c1-2-7-6(5-10)3-4-8(14-7)9(11,12)13/h3-4H,2,5H2,1H3. The van der Waals surface area contributed by atoms with Crippen molar-refractivity contribution in [2.45, 2.75) is 25.4 Å². The van der Waals surface area contributed by atoms with Gasteiger partial charge in [-0.05, 0) is 18.1 Å². The molecule has 78 valence electrons. The minimum atomic E-state index is -4.38. The van der Waals surface area contributed by atoms with Gasteiger partial charge in [-0.15, -0.1) is 11.6 Å². The van der Waals surface area contributed by atoms with Gasteiger partial charge in [-0.1, -0.05) is 13.0 Å². The molecule has 14 heavy (non-hydrogen) atoms. The van der Waals surface area contributed by atoms with Gasteiger partial charge in [0.15, 0.2) is 0 Å². The molecule has 0 fully saturated rings. The summed E-state index contributed by atoms with van der Waals surface area (Å²) in [5.41, 5.74) is 0.209. The third-order valence-corrected chi connectivity index (χ3v) is 2.13. The molecule has 0 atom stereocenters. The molecular weight excluding hydrogens is 215 g/mol. The summed E-state index contributed by atoms with van der Waals surface area (Å²) in [4.78, 5) is 3.52. The van der Waals surface area contributed by atoms with E-state index in [9.17, 15) is 13.2 Å². The summed E-state index contributed by atoms with van der Waals surface area (Å²) in [7, 11) is 0. The molecule has 1 rings (SSSR count). The third-order valence-electron chi connectivity index (χ3n) is 1.84. The lowest BCUT2D eigenvalue weighted by Gasteiger charge is -2.09. The first-order valence-corrected chi connectivity index (χ1v) is 4.64. The van der Waals surface area contributed by atoms with Crippen molar-refractivity contribution in [3.63, 3.8) is 0 Å². The largest absolute Gasteiger partial charge is 0.433 e. The van der Waals surface area contributed by atoms with Crippen molar-refractivity contribution >= 4 is 11.6 Å². The number of pyridine rings is 1. The molecule has 0 N–H and O–H groups in total. The fraction of sp³-hybridized carbons (Fsp3) is 0.444. The zero-order chi connectivity index (χ0) is 10.8. The van der Waals surface area contributed by atoms with Crippen LogP contribution in [0.5, 0.6) is 0 Å². The lowest BCUT2D eigenvalue weighted by molar-refractivity contribution is -0.141. The van der Waals surface area contributed by atoms with E-state index in [1.165, 1.54) is 6.07 Å². The van der Waals surface area contributed by atoms with Crippen molar-refractivity contribution in [1.29, 1.82) is 0 Å². The highest BCUT2D eigenvalue weighted by molar-refractivity contribution is 6.17. The zero-order valence-electron chi connectivity index (χ0n) is 7.53. The number of halogens is 4. The number of hydrogen-bond donors (Lipinski definition) is 0. The van der Waals surface area contributed by atoms with E-state index in [0.29, 0.717) is 17.7 Å². The summed E-state index contributed by atoms with van der Waals surface area (Å²) in [5, 5.41) is 0. The van der Waals surface area contributed by atoms with Gasteiger partial charge in [0, 0.05) is 11.6 Å². The first-order chi connectivity index (χ1) is 6.49. The number of alkyl halides is 4. The predicted octanol–water partition coefficient (Wildman–Crippen LogP) is 3.40. The fourth-order valence-corrected chi connectivity index (χ4v) is 1.36. The molecule has 1 aromatic rings. The molecule has 0 saturated heterocycles. The second kappa shape index (κ2) is 4.17. The second-order valence-corrected chi connectivity index (χ2v) is 3.05. The lowest BCUT2D eigenvalue weighted by Crippen LogP contribution is -2.10. The highest BCUT2D eigenvalue weighted by atomic mass is 35.5. The van der Waals surface area contributed by atoms with Gasteiger partial charge in [0.1, 0.15) is 5.69 Å². The number of hydrogen-bond acceptors (Lipinski definition) is 1. The van der Waals surface area contributed by atoms with E-state index in [2.05, 4.69) is 4.98 Å². The van der Waals surface area contributed by atoms with Crippen molar-refractivity contribution in [3.05, 3.63) is 29.1 Å². The molecule has 0 aliphatic heterocycles. The molecule has 0 unspecified atom stereocenters. The number of aryl methyl sites for hydroxylation is 1. The highest BCUT2D eigenvalue weighted by Crippen LogP contribution is 2.28. The van der Waals surface area contributed by atoms with Crippen LogP contribution in [0, 0.1) is 0 Å². The Bertz CT molecular complexity index is 322. The molecule has 0 radical (unpaired) electrons. The van der Waals surface area contributed by atoms with E-state index in [1.807, 2.05) is 0 Å². The van der Waals surface area contributed by atoms with Crippen molar-refractivity contribution in [1.82, 2.24) is 4.98 Å². The van der Waals surface area contributed by atoms with Gasteiger partial charge in [0.2, 0.25) is 0 Å². The van der Waals surface area contributed by atoms with E-state index in [1.54, 1.807) is 6.92 Å². The zero-order valence-corrected chi connectivity index (χ0v) is 8.28. The Morgan fingerprint density at radius 1 is 1.36 bits per heavy atom. The lowest BCUT2D eigenvalue weighted by atomic mass is 10.1. The molecule has 0 aliphatic carbocycles. The van der Waals surface area contributed by atoms with Crippen LogP contribution in [0.4, 0.5) is 13.2 Å². The molecule has 0 amide bonds. The monoisotopic (exact) mass is 223 g/mol. The van der Waals surface area contributed by atoms with Crippen molar-refractivity contribution in [2.24, 2.45) is 0 Å². The minimum absolute atomic E-state index is 0.189. The molecular formula is C9H9ClF3N. The average Bonchev–Trinajstić information content (AvgIpc) is 2.15. The molecule has 0 aliphatic rings. The van der Waals surface area contributed by atoms with Crippen LogP contribution in [0.1, 0.15) is 23.9 Å². The molecule has 1 aromatic heterocycles. The first-order valence-electron chi connectivity index (χ1n) is 4.11. The minimum Gasteiger partial charge on any atom is -0.248 e. The normalized spacial score (nSPS) is 11.8. The Morgan fingerprint density at radius 3 is 2.43 bits per heavy atom. The first kappa shape index (κ1) is 11.3. The van der Waals surface area contributed by atoms with E-state index in [0.717, 1.165) is 6.07 Å². The van der Waals surface area contributed by atoms with E-state index in [-0.39, 0.29) is 5.88 Å². The molecule has 1 heterocycles. The second-order valence-electron chi connectivity index (χ2n) is 2.79.